The average Bonchev–Trinajstić information content (AvgIpc) is 3.43. The number of aromatic nitrogens is 2. The summed E-state index contributed by atoms with van der Waals surface area (Å²) >= 11 is 0. The fourth-order valence-electron chi connectivity index (χ4n) is 5.53. The fraction of sp³-hybridized carbons (Fsp3) is 0.280. The molecule has 0 aliphatic carbocycles. The van der Waals surface area contributed by atoms with Crippen LogP contribution in [0.25, 0.3) is 38.8 Å². The molecule has 6 rings (SSSR count). The maximum atomic E-state index is 13.0. The molecule has 2 aliphatic heterocycles. The predicted octanol–water partition coefficient (Wildman–Crippen LogP) is 2.11. The summed E-state index contributed by atoms with van der Waals surface area (Å²) in [7, 11) is 0. The Hall–Kier alpha value is -3.50. The van der Waals surface area contributed by atoms with Crippen molar-refractivity contribution in [1.29, 1.82) is 0 Å². The van der Waals surface area contributed by atoms with Crippen LogP contribution in [0.2, 0.25) is 0 Å². The molecule has 5 N–H and O–H groups in total. The van der Waals surface area contributed by atoms with Crippen LogP contribution in [0.15, 0.2) is 30.8 Å². The van der Waals surface area contributed by atoms with Gasteiger partial charge in [-0.15, -0.1) is 0 Å². The molecule has 5 atom stereocenters. The summed E-state index contributed by atoms with van der Waals surface area (Å²) in [4.78, 5) is 29.3. The molecule has 9 heteroatoms. The van der Waals surface area contributed by atoms with Crippen LogP contribution in [-0.4, -0.2) is 61.1 Å². The van der Waals surface area contributed by atoms with Gasteiger partial charge in [-0.1, -0.05) is 30.9 Å². The molecule has 2 aromatic carbocycles. The van der Waals surface area contributed by atoms with E-state index >= 15 is 0 Å². The monoisotopic (exact) mass is 461 g/mol. The molecule has 0 spiro atoms. The second kappa shape index (κ2) is 7.00. The first-order chi connectivity index (χ1) is 16.3. The molecule has 0 radical (unpaired) electrons. The number of para-hydroxylation sites is 1. The van der Waals surface area contributed by atoms with E-state index in [-0.39, 0.29) is 11.1 Å². The zero-order valence-electron chi connectivity index (χ0n) is 18.5. The average molecular weight is 461 g/mol. The molecule has 4 heterocycles. The Labute approximate surface area is 193 Å². The van der Waals surface area contributed by atoms with Crippen molar-refractivity contribution in [3.05, 3.63) is 53.2 Å². The molecule has 2 amide bonds. The van der Waals surface area contributed by atoms with E-state index < -0.39 is 42.5 Å². The number of H-pyrrole nitrogens is 1. The van der Waals surface area contributed by atoms with Crippen LogP contribution in [0.4, 0.5) is 0 Å². The first-order valence-electron chi connectivity index (χ1n) is 11.0. The molecule has 2 aliphatic rings. The van der Waals surface area contributed by atoms with Crippen LogP contribution in [0, 0.1) is 6.92 Å². The first-order valence-corrected chi connectivity index (χ1v) is 11.0. The van der Waals surface area contributed by atoms with Crippen molar-refractivity contribution in [1.82, 2.24) is 14.9 Å². The van der Waals surface area contributed by atoms with Crippen molar-refractivity contribution < 1.29 is 29.6 Å². The van der Waals surface area contributed by atoms with Crippen LogP contribution in [-0.2, 0) is 4.74 Å². The highest BCUT2D eigenvalue weighted by Crippen LogP contribution is 2.45. The minimum atomic E-state index is -1.45. The number of aromatic amines is 1. The number of aliphatic hydroxyl groups is 3. The number of amides is 2. The van der Waals surface area contributed by atoms with E-state index in [0.29, 0.717) is 38.3 Å². The summed E-state index contributed by atoms with van der Waals surface area (Å²) in [6.45, 7) is 7.36. The van der Waals surface area contributed by atoms with Crippen molar-refractivity contribution in [3.8, 4) is 0 Å². The standard InChI is InChI=1S/C25H23N3O6/c1-4-11-9(2)26-18-14(11)16-17(24(33)27-23(16)32)15-12-7-5-6-8-13(12)28(19(15)18)25-22(31)21(30)20(29)10(3)34-25/h4-8,10,20-22,25-26,29-31H,1H2,2-3H3,(H,27,32,33)/t10-,20-,21+,22+,25+/m0/s1. The Morgan fingerprint density at radius 3 is 2.41 bits per heavy atom. The fourth-order valence-corrected chi connectivity index (χ4v) is 5.53. The number of nitrogens with zero attached hydrogens (tertiary/aromatic N) is 1. The molecular weight excluding hydrogens is 438 g/mol. The lowest BCUT2D eigenvalue weighted by atomic mass is 9.95. The van der Waals surface area contributed by atoms with E-state index in [9.17, 15) is 24.9 Å². The van der Waals surface area contributed by atoms with Crippen molar-refractivity contribution in [2.24, 2.45) is 0 Å². The number of ether oxygens (including phenoxy) is 1. The van der Waals surface area contributed by atoms with Crippen LogP contribution >= 0.6 is 0 Å². The summed E-state index contributed by atoms with van der Waals surface area (Å²) in [6, 6.07) is 7.31. The van der Waals surface area contributed by atoms with Crippen molar-refractivity contribution >= 4 is 50.6 Å². The summed E-state index contributed by atoms with van der Waals surface area (Å²) in [5.74, 6) is -0.982. The minimum absolute atomic E-state index is 0.253. The van der Waals surface area contributed by atoms with Crippen molar-refractivity contribution in [2.45, 2.75) is 44.5 Å². The molecule has 2 aromatic heterocycles. The number of aliphatic hydroxyl groups excluding tert-OH is 3. The summed E-state index contributed by atoms with van der Waals surface area (Å²) in [5.41, 5.74) is 3.78. The molecule has 34 heavy (non-hydrogen) atoms. The Bertz CT molecular complexity index is 1560. The van der Waals surface area contributed by atoms with Crippen LogP contribution in [0.5, 0.6) is 0 Å². The number of benzene rings is 2. The molecule has 4 aromatic rings. The normalized spacial score (nSPS) is 27.0. The van der Waals surface area contributed by atoms with Gasteiger partial charge in [0, 0.05) is 27.4 Å². The second-order valence-electron chi connectivity index (χ2n) is 8.97. The number of rotatable bonds is 2. The molecule has 0 saturated carbocycles. The quantitative estimate of drug-likeness (QED) is 0.290. The third-order valence-corrected chi connectivity index (χ3v) is 7.10. The van der Waals surface area contributed by atoms with Gasteiger partial charge >= 0.3 is 0 Å². The zero-order chi connectivity index (χ0) is 24.0. The molecule has 174 valence electrons. The van der Waals surface area contributed by atoms with Gasteiger partial charge < -0.3 is 29.6 Å². The smallest absolute Gasteiger partial charge is 0.259 e. The van der Waals surface area contributed by atoms with Gasteiger partial charge in [-0.3, -0.25) is 14.9 Å². The van der Waals surface area contributed by atoms with E-state index in [0.717, 1.165) is 5.69 Å². The molecular formula is C25H23N3O6. The highest BCUT2D eigenvalue weighted by molar-refractivity contribution is 6.37. The van der Waals surface area contributed by atoms with Crippen LogP contribution < -0.4 is 5.32 Å². The summed E-state index contributed by atoms with van der Waals surface area (Å²) in [6.07, 6.45) is -4.33. The largest absolute Gasteiger partial charge is 0.388 e. The highest BCUT2D eigenvalue weighted by Gasteiger charge is 2.45. The van der Waals surface area contributed by atoms with Gasteiger partial charge in [0.1, 0.15) is 18.3 Å². The Morgan fingerprint density at radius 1 is 1.03 bits per heavy atom. The van der Waals surface area contributed by atoms with Gasteiger partial charge in [0.15, 0.2) is 6.23 Å². The maximum Gasteiger partial charge on any atom is 0.259 e. The second-order valence-corrected chi connectivity index (χ2v) is 8.97. The van der Waals surface area contributed by atoms with Crippen LogP contribution in [0.3, 0.4) is 0 Å². The molecule has 1 saturated heterocycles. The number of nitrogens with one attached hydrogen (secondary N) is 2. The lowest BCUT2D eigenvalue weighted by molar-refractivity contribution is -0.238. The lowest BCUT2D eigenvalue weighted by Gasteiger charge is -2.40. The van der Waals surface area contributed by atoms with Gasteiger partial charge in [-0.05, 0) is 19.9 Å². The van der Waals surface area contributed by atoms with Gasteiger partial charge in [-0.2, -0.15) is 0 Å². The molecule has 1 fully saturated rings. The SMILES string of the molecule is C=Cc1c(C)[nH]c2c1c1c(c3c4ccccc4n([C@@H]4O[C@@H](C)[C@H](O)[C@@H](O)[C@H]4O)c23)C(=O)NC1=O. The highest BCUT2D eigenvalue weighted by atomic mass is 16.5. The summed E-state index contributed by atoms with van der Waals surface area (Å²) in [5, 5.41) is 36.0. The molecule has 0 bridgehead atoms. The van der Waals surface area contributed by atoms with E-state index in [1.807, 2.05) is 31.2 Å². The van der Waals surface area contributed by atoms with Gasteiger partial charge in [0.05, 0.1) is 33.8 Å². The van der Waals surface area contributed by atoms with Gasteiger partial charge in [-0.25, -0.2) is 0 Å². The van der Waals surface area contributed by atoms with Crippen LogP contribution in [0.1, 0.15) is 45.1 Å². The first kappa shape index (κ1) is 21.1. The number of imide groups is 1. The number of hydrogen-bond donors (Lipinski definition) is 5. The number of aryl methyl sites for hydroxylation is 1. The number of carbonyl (C=O) groups excluding carboxylic acids is 2. The Balaban J connectivity index is 1.85. The Kier molecular flexibility index (Phi) is 4.34. The van der Waals surface area contributed by atoms with Crippen molar-refractivity contribution in [2.75, 3.05) is 0 Å². The Morgan fingerprint density at radius 2 is 1.71 bits per heavy atom. The van der Waals surface area contributed by atoms with E-state index in [1.54, 1.807) is 17.6 Å². The van der Waals surface area contributed by atoms with E-state index in [2.05, 4.69) is 16.9 Å². The maximum absolute atomic E-state index is 13.0. The summed E-state index contributed by atoms with van der Waals surface area (Å²) < 4.78 is 7.76. The third-order valence-electron chi connectivity index (χ3n) is 7.10. The van der Waals surface area contributed by atoms with Gasteiger partial charge in [0.2, 0.25) is 0 Å². The predicted molar refractivity (Wildman–Crippen MR) is 126 cm³/mol. The van der Waals surface area contributed by atoms with E-state index in [1.165, 1.54) is 0 Å². The number of fused-ring (bicyclic) bond motifs is 8. The molecule has 0 unspecified atom stereocenters. The number of carbonyl (C=O) groups is 2. The topological polar surface area (TPSA) is 137 Å². The minimum Gasteiger partial charge on any atom is -0.388 e. The lowest BCUT2D eigenvalue weighted by Crippen LogP contribution is -2.54. The molecule has 9 nitrogen and oxygen atoms in total. The van der Waals surface area contributed by atoms with Crippen molar-refractivity contribution in [3.63, 3.8) is 0 Å². The number of hydrogen-bond acceptors (Lipinski definition) is 6. The zero-order valence-corrected chi connectivity index (χ0v) is 18.5. The van der Waals surface area contributed by atoms with Gasteiger partial charge in [0.25, 0.3) is 11.8 Å². The van der Waals surface area contributed by atoms with E-state index in [4.69, 9.17) is 4.74 Å². The third kappa shape index (κ3) is 2.47.